The molecule has 28 heavy (non-hydrogen) atoms. The number of esters is 1. The first-order valence-corrected chi connectivity index (χ1v) is 9.91. The van der Waals surface area contributed by atoms with E-state index in [1.165, 1.54) is 7.11 Å². The third kappa shape index (κ3) is 3.99. The summed E-state index contributed by atoms with van der Waals surface area (Å²) in [5.41, 5.74) is 2.22. The van der Waals surface area contributed by atoms with E-state index in [2.05, 4.69) is 0 Å². The summed E-state index contributed by atoms with van der Waals surface area (Å²) < 4.78 is 11.9. The standard InChI is InChI=1S/C21H32N2O5/c1-7-22-14(3)17(13(2)18(22)21(26)28-6)19(24)15(4)23(11-12-27-5)20(25)16-9-8-10-16/h15-16H,7-12H2,1-6H3. The monoisotopic (exact) mass is 392 g/mol. The molecule has 1 atom stereocenters. The molecule has 1 amide bonds. The number of Topliss-reactive ketones (excluding diaryl/α,β-unsaturated/α-hetero) is 1. The third-order valence-electron chi connectivity index (χ3n) is 5.83. The van der Waals surface area contributed by atoms with E-state index in [-0.39, 0.29) is 17.6 Å². The minimum absolute atomic E-state index is 0.000158. The molecule has 1 aliphatic rings. The first-order chi connectivity index (χ1) is 13.3. The number of nitrogens with zero attached hydrogens (tertiary/aromatic N) is 2. The molecular weight excluding hydrogens is 360 g/mol. The van der Waals surface area contributed by atoms with Crippen LogP contribution in [0.2, 0.25) is 0 Å². The van der Waals surface area contributed by atoms with Crippen molar-refractivity contribution < 1.29 is 23.9 Å². The summed E-state index contributed by atoms with van der Waals surface area (Å²) in [6.45, 7) is 8.56. The number of ketones is 1. The predicted molar refractivity (Wildman–Crippen MR) is 106 cm³/mol. The molecule has 1 saturated carbocycles. The van der Waals surface area contributed by atoms with Crippen LogP contribution in [-0.4, -0.2) is 60.5 Å². The number of hydrogen-bond acceptors (Lipinski definition) is 5. The van der Waals surface area contributed by atoms with Gasteiger partial charge in [0.25, 0.3) is 0 Å². The Morgan fingerprint density at radius 2 is 1.86 bits per heavy atom. The molecule has 2 rings (SSSR count). The molecule has 1 heterocycles. The van der Waals surface area contributed by atoms with Crippen LogP contribution in [-0.2, 0) is 20.8 Å². The maximum Gasteiger partial charge on any atom is 0.354 e. The molecule has 0 N–H and O–H groups in total. The van der Waals surface area contributed by atoms with Gasteiger partial charge in [-0.1, -0.05) is 6.42 Å². The van der Waals surface area contributed by atoms with Gasteiger partial charge in [0.2, 0.25) is 5.91 Å². The van der Waals surface area contributed by atoms with Crippen molar-refractivity contribution in [1.82, 2.24) is 9.47 Å². The second-order valence-corrected chi connectivity index (χ2v) is 7.36. The van der Waals surface area contributed by atoms with Crippen LogP contribution in [0.15, 0.2) is 0 Å². The van der Waals surface area contributed by atoms with Gasteiger partial charge in [-0.15, -0.1) is 0 Å². The second-order valence-electron chi connectivity index (χ2n) is 7.36. The quantitative estimate of drug-likeness (QED) is 0.477. The predicted octanol–water partition coefficient (Wildman–Crippen LogP) is 2.76. The zero-order valence-corrected chi connectivity index (χ0v) is 17.8. The minimum Gasteiger partial charge on any atom is -0.464 e. The van der Waals surface area contributed by atoms with Crippen molar-refractivity contribution in [3.05, 3.63) is 22.5 Å². The molecule has 0 aliphatic heterocycles. The molecule has 0 bridgehead atoms. The van der Waals surface area contributed by atoms with E-state index in [1.807, 2.05) is 13.8 Å². The molecule has 156 valence electrons. The van der Waals surface area contributed by atoms with E-state index in [9.17, 15) is 14.4 Å². The highest BCUT2D eigenvalue weighted by Crippen LogP contribution is 2.30. The lowest BCUT2D eigenvalue weighted by Crippen LogP contribution is -2.48. The summed E-state index contributed by atoms with van der Waals surface area (Å²) in [7, 11) is 2.91. The Morgan fingerprint density at radius 3 is 2.32 bits per heavy atom. The summed E-state index contributed by atoms with van der Waals surface area (Å²) in [6.07, 6.45) is 2.80. The van der Waals surface area contributed by atoms with Crippen LogP contribution in [0, 0.1) is 19.8 Å². The van der Waals surface area contributed by atoms with E-state index in [0.717, 1.165) is 25.0 Å². The molecule has 0 spiro atoms. The van der Waals surface area contributed by atoms with Gasteiger partial charge < -0.3 is 18.9 Å². The van der Waals surface area contributed by atoms with Crippen LogP contribution >= 0.6 is 0 Å². The van der Waals surface area contributed by atoms with E-state index in [1.54, 1.807) is 30.4 Å². The largest absolute Gasteiger partial charge is 0.464 e. The molecule has 1 aromatic rings. The SMILES string of the molecule is CCn1c(C)c(C(=O)C(C)N(CCOC)C(=O)C2CCC2)c(C)c1C(=O)OC. The average Bonchev–Trinajstić information content (AvgIpc) is 2.88. The zero-order valence-electron chi connectivity index (χ0n) is 17.8. The van der Waals surface area contributed by atoms with Gasteiger partial charge in [0.1, 0.15) is 5.69 Å². The van der Waals surface area contributed by atoms with E-state index < -0.39 is 12.0 Å². The number of hydrogen-bond donors (Lipinski definition) is 0. The zero-order chi connectivity index (χ0) is 21.0. The third-order valence-corrected chi connectivity index (χ3v) is 5.83. The summed E-state index contributed by atoms with van der Waals surface area (Å²) in [6, 6.07) is -0.626. The molecule has 1 unspecified atom stereocenters. The Kier molecular flexibility index (Phi) is 7.41. The molecule has 0 radical (unpaired) electrons. The number of rotatable bonds is 9. The lowest BCUT2D eigenvalue weighted by Gasteiger charge is -2.35. The van der Waals surface area contributed by atoms with Crippen molar-refractivity contribution in [3.8, 4) is 0 Å². The molecular formula is C21H32N2O5. The fourth-order valence-electron chi connectivity index (χ4n) is 3.94. The van der Waals surface area contributed by atoms with Gasteiger partial charge in [-0.05, 0) is 46.1 Å². The van der Waals surface area contributed by atoms with Crippen LogP contribution in [0.25, 0.3) is 0 Å². The Bertz CT molecular complexity index is 748. The fraction of sp³-hybridized carbons (Fsp3) is 0.667. The van der Waals surface area contributed by atoms with Crippen LogP contribution in [0.5, 0.6) is 0 Å². The number of aromatic nitrogens is 1. The van der Waals surface area contributed by atoms with Crippen LogP contribution < -0.4 is 0 Å². The van der Waals surface area contributed by atoms with Crippen molar-refractivity contribution in [2.45, 2.75) is 59.5 Å². The van der Waals surface area contributed by atoms with Crippen molar-refractivity contribution in [3.63, 3.8) is 0 Å². The van der Waals surface area contributed by atoms with Crippen molar-refractivity contribution >= 4 is 17.7 Å². The molecule has 0 saturated heterocycles. The molecule has 1 fully saturated rings. The first-order valence-electron chi connectivity index (χ1n) is 9.91. The van der Waals surface area contributed by atoms with Gasteiger partial charge in [0, 0.05) is 37.4 Å². The molecule has 1 aliphatic carbocycles. The lowest BCUT2D eigenvalue weighted by molar-refractivity contribution is -0.140. The molecule has 7 nitrogen and oxygen atoms in total. The van der Waals surface area contributed by atoms with Crippen molar-refractivity contribution in [1.29, 1.82) is 0 Å². The highest BCUT2D eigenvalue weighted by molar-refractivity contribution is 6.06. The first kappa shape index (κ1) is 22.1. The van der Waals surface area contributed by atoms with Gasteiger partial charge in [0.15, 0.2) is 5.78 Å². The Balaban J connectivity index is 2.40. The minimum atomic E-state index is -0.626. The summed E-state index contributed by atoms with van der Waals surface area (Å²) in [4.78, 5) is 40.2. The fourth-order valence-corrected chi connectivity index (χ4v) is 3.94. The maximum absolute atomic E-state index is 13.4. The number of methoxy groups -OCH3 is 2. The summed E-state index contributed by atoms with van der Waals surface area (Å²) in [5, 5.41) is 0. The highest BCUT2D eigenvalue weighted by Gasteiger charge is 2.36. The smallest absolute Gasteiger partial charge is 0.354 e. The molecule has 1 aromatic heterocycles. The van der Waals surface area contributed by atoms with Crippen LogP contribution in [0.3, 0.4) is 0 Å². The van der Waals surface area contributed by atoms with Gasteiger partial charge in [-0.3, -0.25) is 9.59 Å². The Labute approximate surface area is 167 Å². The van der Waals surface area contributed by atoms with E-state index in [0.29, 0.717) is 36.5 Å². The van der Waals surface area contributed by atoms with Crippen molar-refractivity contribution in [2.75, 3.05) is 27.4 Å². The normalized spacial score (nSPS) is 15.1. The summed E-state index contributed by atoms with van der Waals surface area (Å²) >= 11 is 0. The highest BCUT2D eigenvalue weighted by atomic mass is 16.5. The second kappa shape index (κ2) is 9.37. The van der Waals surface area contributed by atoms with Gasteiger partial charge >= 0.3 is 5.97 Å². The number of amides is 1. The average molecular weight is 392 g/mol. The number of carbonyl (C=O) groups is 3. The van der Waals surface area contributed by atoms with E-state index in [4.69, 9.17) is 9.47 Å². The van der Waals surface area contributed by atoms with Gasteiger partial charge in [-0.2, -0.15) is 0 Å². The maximum atomic E-state index is 13.4. The van der Waals surface area contributed by atoms with Crippen LogP contribution in [0.4, 0.5) is 0 Å². The van der Waals surface area contributed by atoms with Crippen LogP contribution in [0.1, 0.15) is 65.2 Å². The topological polar surface area (TPSA) is 77.8 Å². The Morgan fingerprint density at radius 1 is 1.21 bits per heavy atom. The number of carbonyl (C=O) groups excluding carboxylic acids is 3. The van der Waals surface area contributed by atoms with E-state index >= 15 is 0 Å². The lowest BCUT2D eigenvalue weighted by atomic mass is 9.84. The van der Waals surface area contributed by atoms with Gasteiger partial charge in [0.05, 0.1) is 19.8 Å². The summed E-state index contributed by atoms with van der Waals surface area (Å²) in [5.74, 6) is -0.602. The molecule has 7 heteroatoms. The molecule has 0 aromatic carbocycles. The number of ether oxygens (including phenoxy) is 2. The Hall–Kier alpha value is -2.15. The van der Waals surface area contributed by atoms with Gasteiger partial charge in [-0.25, -0.2) is 4.79 Å². The van der Waals surface area contributed by atoms with Crippen molar-refractivity contribution in [2.24, 2.45) is 5.92 Å².